The van der Waals surface area contributed by atoms with E-state index in [1.54, 1.807) is 0 Å². The third-order valence-corrected chi connectivity index (χ3v) is 5.37. The second kappa shape index (κ2) is 7.76. The van der Waals surface area contributed by atoms with E-state index < -0.39 is 0 Å². The summed E-state index contributed by atoms with van der Waals surface area (Å²) in [6, 6.07) is 17.9. The Labute approximate surface area is 170 Å². The van der Waals surface area contributed by atoms with E-state index in [0.29, 0.717) is 17.4 Å². The van der Waals surface area contributed by atoms with Gasteiger partial charge in [-0.15, -0.1) is 0 Å². The van der Waals surface area contributed by atoms with Gasteiger partial charge < -0.3 is 0 Å². The van der Waals surface area contributed by atoms with Crippen LogP contribution in [0.4, 0.5) is 5.95 Å². The molecule has 0 saturated carbocycles. The van der Waals surface area contributed by atoms with Crippen molar-refractivity contribution in [3.8, 4) is 0 Å². The Balaban J connectivity index is 1.81. The molecule has 1 amide bonds. The van der Waals surface area contributed by atoms with E-state index in [2.05, 4.69) is 36.1 Å². The van der Waals surface area contributed by atoms with Gasteiger partial charge in [0.15, 0.2) is 0 Å². The average molecular weight is 395 g/mol. The highest BCUT2D eigenvalue weighted by atomic mass is 35.5. The lowest BCUT2D eigenvalue weighted by atomic mass is 9.91. The highest BCUT2D eigenvalue weighted by Crippen LogP contribution is 2.42. The summed E-state index contributed by atoms with van der Waals surface area (Å²) in [7, 11) is 0. The van der Waals surface area contributed by atoms with Crippen molar-refractivity contribution in [2.75, 3.05) is 4.90 Å². The van der Waals surface area contributed by atoms with Gasteiger partial charge in [0.1, 0.15) is 6.33 Å². The summed E-state index contributed by atoms with van der Waals surface area (Å²) in [4.78, 5) is 19.5. The summed E-state index contributed by atoms with van der Waals surface area (Å²) < 4.78 is 1.86. The fourth-order valence-electron chi connectivity index (χ4n) is 3.85. The monoisotopic (exact) mass is 394 g/mol. The number of hydrogen-bond donors (Lipinski definition) is 0. The molecule has 5 nitrogen and oxygen atoms in total. The summed E-state index contributed by atoms with van der Waals surface area (Å²) in [5.41, 5.74) is 2.21. The minimum atomic E-state index is -0.0928. The van der Waals surface area contributed by atoms with Gasteiger partial charge in [0.05, 0.1) is 12.1 Å². The highest BCUT2D eigenvalue weighted by molar-refractivity contribution is 6.30. The number of carbonyl (C=O) groups excluding carboxylic acids is 1. The number of anilines is 1. The van der Waals surface area contributed by atoms with Crippen molar-refractivity contribution >= 4 is 23.5 Å². The second-order valence-electron chi connectivity index (χ2n) is 7.60. The Morgan fingerprint density at radius 2 is 1.75 bits per heavy atom. The van der Waals surface area contributed by atoms with Gasteiger partial charge >= 0.3 is 0 Å². The van der Waals surface area contributed by atoms with Gasteiger partial charge in [-0.1, -0.05) is 67.9 Å². The lowest BCUT2D eigenvalue weighted by molar-refractivity contribution is -0.120. The first-order valence-electron chi connectivity index (χ1n) is 9.56. The molecular formula is C22H23ClN4O. The summed E-state index contributed by atoms with van der Waals surface area (Å²) in [5, 5.41) is 5.16. The van der Waals surface area contributed by atoms with E-state index in [9.17, 15) is 4.79 Å². The highest BCUT2D eigenvalue weighted by Gasteiger charge is 2.39. The van der Waals surface area contributed by atoms with E-state index in [-0.39, 0.29) is 23.9 Å². The molecule has 2 atom stereocenters. The van der Waals surface area contributed by atoms with Crippen LogP contribution in [-0.4, -0.2) is 20.7 Å². The van der Waals surface area contributed by atoms with Crippen LogP contribution in [0.25, 0.3) is 0 Å². The molecule has 1 aliphatic rings. The molecule has 0 spiro atoms. The standard InChI is InChI=1S/C22H23ClN4O/c1-15(2)12-21(28)26-19(16-6-4-3-5-7-16)13-20(27-22(26)24-14-25-27)17-8-10-18(23)11-9-17/h3-11,14-15,19-20H,12-13H2,1-2H3. The minimum absolute atomic E-state index is 0.0110. The molecule has 0 saturated heterocycles. The normalized spacial score (nSPS) is 18.9. The molecular weight excluding hydrogens is 372 g/mol. The molecule has 0 N–H and O–H groups in total. The number of halogens is 1. The topological polar surface area (TPSA) is 51.0 Å². The summed E-state index contributed by atoms with van der Waals surface area (Å²) >= 11 is 6.08. The molecule has 4 rings (SSSR count). The molecule has 144 valence electrons. The Kier molecular flexibility index (Phi) is 5.18. The van der Waals surface area contributed by atoms with Gasteiger partial charge in [0, 0.05) is 11.4 Å². The molecule has 2 heterocycles. The van der Waals surface area contributed by atoms with Gasteiger partial charge in [0.25, 0.3) is 0 Å². The SMILES string of the molecule is CC(C)CC(=O)N1c2ncnn2C(c2ccc(Cl)cc2)CC1c1ccccc1. The maximum atomic E-state index is 13.2. The molecule has 1 aromatic heterocycles. The number of hydrogen-bond acceptors (Lipinski definition) is 3. The quantitative estimate of drug-likeness (QED) is 0.622. The smallest absolute Gasteiger partial charge is 0.231 e. The first kappa shape index (κ1) is 18.7. The summed E-state index contributed by atoms with van der Waals surface area (Å²) in [5.74, 6) is 0.952. The average Bonchev–Trinajstić information content (AvgIpc) is 3.17. The van der Waals surface area contributed by atoms with Crippen molar-refractivity contribution in [2.24, 2.45) is 5.92 Å². The van der Waals surface area contributed by atoms with Crippen LogP contribution in [0, 0.1) is 5.92 Å². The van der Waals surface area contributed by atoms with Crippen molar-refractivity contribution in [1.82, 2.24) is 14.8 Å². The molecule has 2 unspecified atom stereocenters. The first-order valence-corrected chi connectivity index (χ1v) is 9.94. The summed E-state index contributed by atoms with van der Waals surface area (Å²) in [6.45, 7) is 4.11. The zero-order valence-electron chi connectivity index (χ0n) is 16.0. The van der Waals surface area contributed by atoms with Gasteiger partial charge in [-0.2, -0.15) is 10.1 Å². The third kappa shape index (κ3) is 3.54. The van der Waals surface area contributed by atoms with Crippen LogP contribution in [0.5, 0.6) is 0 Å². The van der Waals surface area contributed by atoms with Crippen LogP contribution in [0.2, 0.25) is 5.02 Å². The Morgan fingerprint density at radius 3 is 2.43 bits per heavy atom. The molecule has 0 aliphatic carbocycles. The molecule has 0 bridgehead atoms. The Bertz CT molecular complexity index is 952. The van der Waals surface area contributed by atoms with Crippen LogP contribution >= 0.6 is 11.6 Å². The fraction of sp³-hybridized carbons (Fsp3) is 0.318. The molecule has 0 fully saturated rings. The Hall–Kier alpha value is -2.66. The molecule has 3 aromatic rings. The molecule has 1 aliphatic heterocycles. The van der Waals surface area contributed by atoms with Crippen LogP contribution in [-0.2, 0) is 4.79 Å². The maximum absolute atomic E-state index is 13.2. The lowest BCUT2D eigenvalue weighted by Gasteiger charge is -2.39. The number of benzene rings is 2. The van der Waals surface area contributed by atoms with Gasteiger partial charge in [0.2, 0.25) is 11.9 Å². The van der Waals surface area contributed by atoms with Crippen LogP contribution in [0.1, 0.15) is 49.9 Å². The number of aromatic nitrogens is 3. The Morgan fingerprint density at radius 1 is 1.07 bits per heavy atom. The van der Waals surface area contributed by atoms with Crippen LogP contribution in [0.15, 0.2) is 60.9 Å². The maximum Gasteiger partial charge on any atom is 0.231 e. The zero-order chi connectivity index (χ0) is 19.7. The second-order valence-corrected chi connectivity index (χ2v) is 8.03. The van der Waals surface area contributed by atoms with Crippen molar-refractivity contribution in [3.05, 3.63) is 77.1 Å². The van der Waals surface area contributed by atoms with E-state index in [1.807, 2.05) is 52.0 Å². The van der Waals surface area contributed by atoms with Crippen molar-refractivity contribution in [3.63, 3.8) is 0 Å². The van der Waals surface area contributed by atoms with Crippen LogP contribution in [0.3, 0.4) is 0 Å². The number of nitrogens with zero attached hydrogens (tertiary/aromatic N) is 4. The first-order chi connectivity index (χ1) is 13.5. The molecule has 6 heteroatoms. The number of rotatable bonds is 4. The molecule has 2 aromatic carbocycles. The third-order valence-electron chi connectivity index (χ3n) is 5.11. The summed E-state index contributed by atoms with van der Waals surface area (Å²) in [6.07, 6.45) is 2.73. The van der Waals surface area contributed by atoms with E-state index in [0.717, 1.165) is 17.5 Å². The number of amides is 1. The predicted molar refractivity (Wildman–Crippen MR) is 110 cm³/mol. The fourth-order valence-corrected chi connectivity index (χ4v) is 3.97. The van der Waals surface area contributed by atoms with E-state index >= 15 is 0 Å². The van der Waals surface area contributed by atoms with E-state index in [4.69, 9.17) is 11.6 Å². The number of fused-ring (bicyclic) bond motifs is 1. The van der Waals surface area contributed by atoms with Crippen molar-refractivity contribution in [1.29, 1.82) is 0 Å². The number of carbonyl (C=O) groups is 1. The van der Waals surface area contributed by atoms with Crippen LogP contribution < -0.4 is 4.90 Å². The predicted octanol–water partition coefficient (Wildman–Crippen LogP) is 5.05. The van der Waals surface area contributed by atoms with Crippen molar-refractivity contribution < 1.29 is 4.79 Å². The molecule has 0 radical (unpaired) electrons. The molecule has 28 heavy (non-hydrogen) atoms. The van der Waals surface area contributed by atoms with Gasteiger partial charge in [-0.05, 0) is 35.6 Å². The van der Waals surface area contributed by atoms with Gasteiger partial charge in [-0.25, -0.2) is 4.68 Å². The van der Waals surface area contributed by atoms with Crippen molar-refractivity contribution in [2.45, 2.75) is 38.8 Å². The van der Waals surface area contributed by atoms with E-state index in [1.165, 1.54) is 6.33 Å². The minimum Gasteiger partial charge on any atom is -0.274 e. The largest absolute Gasteiger partial charge is 0.274 e. The zero-order valence-corrected chi connectivity index (χ0v) is 16.8. The lowest BCUT2D eigenvalue weighted by Crippen LogP contribution is -2.43. The van der Waals surface area contributed by atoms with Gasteiger partial charge in [-0.3, -0.25) is 9.69 Å².